The molecule has 7 heteroatoms. The zero-order valence-corrected chi connectivity index (χ0v) is 10.7. The number of hydrogen-bond donors (Lipinski definition) is 1. The predicted octanol–water partition coefficient (Wildman–Crippen LogP) is 2.39. The minimum absolute atomic E-state index is 0.389. The molecule has 2 aromatic rings. The molecular weight excluding hydrogens is 254 g/mol. The Balaban J connectivity index is 2.20. The third kappa shape index (κ3) is 2.75. The second-order valence-corrected chi connectivity index (χ2v) is 4.24. The van der Waals surface area contributed by atoms with E-state index >= 15 is 0 Å². The molecule has 1 aromatic heterocycles. The van der Waals surface area contributed by atoms with Crippen LogP contribution in [-0.2, 0) is 4.74 Å². The first-order chi connectivity index (χ1) is 8.72. The van der Waals surface area contributed by atoms with Gasteiger partial charge in [0, 0.05) is 5.56 Å². The van der Waals surface area contributed by atoms with Crippen molar-refractivity contribution in [3.8, 4) is 16.3 Å². The van der Waals surface area contributed by atoms with Crippen molar-refractivity contribution in [3.05, 3.63) is 24.3 Å². The fraction of sp³-hybridized carbons (Fsp3) is 0.182. The van der Waals surface area contributed by atoms with E-state index in [1.807, 2.05) is 24.3 Å². The van der Waals surface area contributed by atoms with Crippen LogP contribution in [0.3, 0.4) is 0 Å². The van der Waals surface area contributed by atoms with Gasteiger partial charge >= 0.3 is 6.09 Å². The van der Waals surface area contributed by atoms with Gasteiger partial charge in [0.15, 0.2) is 0 Å². The van der Waals surface area contributed by atoms with E-state index in [1.165, 1.54) is 18.4 Å². The Kier molecular flexibility index (Phi) is 3.73. The number of rotatable bonds is 3. The second kappa shape index (κ2) is 5.46. The number of amides is 1. The maximum absolute atomic E-state index is 11.0. The number of carbonyl (C=O) groups is 1. The van der Waals surface area contributed by atoms with Crippen LogP contribution in [0.15, 0.2) is 24.3 Å². The van der Waals surface area contributed by atoms with Gasteiger partial charge in [0.05, 0.1) is 14.2 Å². The lowest BCUT2D eigenvalue weighted by Gasteiger charge is -2.00. The molecule has 0 aliphatic heterocycles. The molecule has 1 amide bonds. The van der Waals surface area contributed by atoms with Gasteiger partial charge < -0.3 is 9.47 Å². The summed E-state index contributed by atoms with van der Waals surface area (Å²) >= 11 is 1.26. The van der Waals surface area contributed by atoms with Crippen molar-refractivity contribution >= 4 is 22.6 Å². The van der Waals surface area contributed by atoms with Crippen LogP contribution in [0.4, 0.5) is 9.93 Å². The molecule has 0 fully saturated rings. The predicted molar refractivity (Wildman–Crippen MR) is 67.9 cm³/mol. The summed E-state index contributed by atoms with van der Waals surface area (Å²) in [5.74, 6) is 0.741. The zero-order valence-electron chi connectivity index (χ0n) is 9.84. The smallest absolute Gasteiger partial charge is 0.413 e. The fourth-order valence-electron chi connectivity index (χ4n) is 1.28. The van der Waals surface area contributed by atoms with Crippen LogP contribution in [0.25, 0.3) is 10.6 Å². The number of nitrogens with zero attached hydrogens (tertiary/aromatic N) is 2. The number of methoxy groups -OCH3 is 2. The van der Waals surface area contributed by atoms with Gasteiger partial charge in [-0.05, 0) is 12.1 Å². The van der Waals surface area contributed by atoms with E-state index in [4.69, 9.17) is 4.74 Å². The Bertz CT molecular complexity index is 556. The first kappa shape index (κ1) is 12.3. The van der Waals surface area contributed by atoms with Gasteiger partial charge in [-0.1, -0.05) is 23.5 Å². The Hall–Kier alpha value is -2.15. The minimum Gasteiger partial charge on any atom is -0.497 e. The molecule has 0 radical (unpaired) electrons. The molecule has 0 spiro atoms. The maximum atomic E-state index is 11.0. The van der Waals surface area contributed by atoms with Gasteiger partial charge in [-0.25, -0.2) is 4.79 Å². The largest absolute Gasteiger partial charge is 0.497 e. The van der Waals surface area contributed by atoms with Crippen molar-refractivity contribution in [2.45, 2.75) is 0 Å². The van der Waals surface area contributed by atoms with Gasteiger partial charge in [0.1, 0.15) is 10.8 Å². The van der Waals surface area contributed by atoms with Crippen molar-refractivity contribution in [1.82, 2.24) is 10.2 Å². The summed E-state index contributed by atoms with van der Waals surface area (Å²) < 4.78 is 9.61. The molecule has 0 aliphatic rings. The molecule has 1 N–H and O–H groups in total. The Morgan fingerprint density at radius 3 is 2.89 bits per heavy atom. The summed E-state index contributed by atoms with van der Waals surface area (Å²) in [6, 6.07) is 7.45. The van der Waals surface area contributed by atoms with E-state index in [2.05, 4.69) is 20.3 Å². The molecule has 1 heterocycles. The molecule has 6 nitrogen and oxygen atoms in total. The van der Waals surface area contributed by atoms with Crippen LogP contribution >= 0.6 is 11.3 Å². The Morgan fingerprint density at radius 1 is 1.33 bits per heavy atom. The zero-order chi connectivity index (χ0) is 13.0. The Labute approximate surface area is 108 Å². The van der Waals surface area contributed by atoms with Crippen molar-refractivity contribution < 1.29 is 14.3 Å². The van der Waals surface area contributed by atoms with E-state index in [1.54, 1.807) is 7.11 Å². The quantitative estimate of drug-likeness (QED) is 0.922. The number of ether oxygens (including phenoxy) is 2. The van der Waals surface area contributed by atoms with Gasteiger partial charge in [0.25, 0.3) is 0 Å². The molecule has 0 atom stereocenters. The number of carbonyl (C=O) groups excluding carboxylic acids is 1. The molecule has 0 saturated heterocycles. The fourth-order valence-corrected chi connectivity index (χ4v) is 2.01. The van der Waals surface area contributed by atoms with Crippen molar-refractivity contribution in [1.29, 1.82) is 0 Å². The lowest BCUT2D eigenvalue weighted by molar-refractivity contribution is 0.187. The van der Waals surface area contributed by atoms with E-state index in [9.17, 15) is 4.79 Å². The van der Waals surface area contributed by atoms with Gasteiger partial charge in [0.2, 0.25) is 5.13 Å². The van der Waals surface area contributed by atoms with E-state index in [-0.39, 0.29) is 0 Å². The standard InChI is InChI=1S/C11H11N3O3S/c1-16-8-5-3-4-7(6-8)9-13-14-10(18-9)12-11(15)17-2/h3-6H,1-2H3,(H,12,14,15). The molecule has 0 aliphatic carbocycles. The average Bonchev–Trinajstić information content (AvgIpc) is 2.87. The number of nitrogens with one attached hydrogen (secondary N) is 1. The first-order valence-corrected chi connectivity index (χ1v) is 5.87. The van der Waals surface area contributed by atoms with Crippen LogP contribution in [0.5, 0.6) is 5.75 Å². The van der Waals surface area contributed by atoms with Gasteiger partial charge in [-0.3, -0.25) is 5.32 Å². The van der Waals surface area contributed by atoms with E-state index in [0.29, 0.717) is 10.1 Å². The molecule has 18 heavy (non-hydrogen) atoms. The van der Waals surface area contributed by atoms with E-state index in [0.717, 1.165) is 11.3 Å². The average molecular weight is 265 g/mol. The SMILES string of the molecule is COC(=O)Nc1nnc(-c2cccc(OC)c2)s1. The van der Waals surface area contributed by atoms with Gasteiger partial charge in [-0.2, -0.15) is 0 Å². The van der Waals surface area contributed by atoms with Crippen LogP contribution in [0.2, 0.25) is 0 Å². The maximum Gasteiger partial charge on any atom is 0.413 e. The van der Waals surface area contributed by atoms with Crippen molar-refractivity contribution in [2.24, 2.45) is 0 Å². The van der Waals surface area contributed by atoms with Crippen LogP contribution < -0.4 is 10.1 Å². The molecular formula is C11H11N3O3S. The molecule has 94 valence electrons. The third-order valence-corrected chi connectivity index (χ3v) is 3.02. The number of aromatic nitrogens is 2. The minimum atomic E-state index is -0.566. The normalized spacial score (nSPS) is 9.89. The highest BCUT2D eigenvalue weighted by molar-refractivity contribution is 7.18. The monoisotopic (exact) mass is 265 g/mol. The summed E-state index contributed by atoms with van der Waals surface area (Å²) in [7, 11) is 2.89. The summed E-state index contributed by atoms with van der Waals surface area (Å²) in [4.78, 5) is 11.0. The molecule has 0 bridgehead atoms. The van der Waals surface area contributed by atoms with Crippen molar-refractivity contribution in [2.75, 3.05) is 19.5 Å². The van der Waals surface area contributed by atoms with Crippen LogP contribution in [0.1, 0.15) is 0 Å². The summed E-state index contributed by atoms with van der Waals surface area (Å²) in [5, 5.41) is 11.4. The van der Waals surface area contributed by atoms with Crippen LogP contribution in [-0.4, -0.2) is 30.5 Å². The second-order valence-electron chi connectivity index (χ2n) is 3.26. The highest BCUT2D eigenvalue weighted by Gasteiger charge is 2.09. The Morgan fingerprint density at radius 2 is 2.17 bits per heavy atom. The lowest BCUT2D eigenvalue weighted by atomic mass is 10.2. The third-order valence-electron chi connectivity index (χ3n) is 2.14. The summed E-state index contributed by atoms with van der Waals surface area (Å²) in [6.45, 7) is 0. The highest BCUT2D eigenvalue weighted by atomic mass is 32.1. The first-order valence-electron chi connectivity index (χ1n) is 5.06. The molecule has 2 rings (SSSR count). The van der Waals surface area contributed by atoms with Crippen LogP contribution in [0, 0.1) is 0 Å². The topological polar surface area (TPSA) is 73.3 Å². The van der Waals surface area contributed by atoms with E-state index < -0.39 is 6.09 Å². The highest BCUT2D eigenvalue weighted by Crippen LogP contribution is 2.28. The number of hydrogen-bond acceptors (Lipinski definition) is 6. The van der Waals surface area contributed by atoms with Gasteiger partial charge in [-0.15, -0.1) is 10.2 Å². The lowest BCUT2D eigenvalue weighted by Crippen LogP contribution is -2.10. The number of benzene rings is 1. The van der Waals surface area contributed by atoms with Crippen molar-refractivity contribution in [3.63, 3.8) is 0 Å². The number of anilines is 1. The summed E-state index contributed by atoms with van der Waals surface area (Å²) in [6.07, 6.45) is -0.566. The molecule has 0 unspecified atom stereocenters. The molecule has 0 saturated carbocycles. The molecule has 1 aromatic carbocycles. The summed E-state index contributed by atoms with van der Waals surface area (Å²) in [5.41, 5.74) is 0.879.